The van der Waals surface area contributed by atoms with Crippen LogP contribution in [0, 0.1) is 0 Å². The molecule has 0 radical (unpaired) electrons. The molecule has 2 N–H and O–H groups in total. The molecule has 3 aromatic rings. The molecule has 170 valence electrons. The first-order chi connectivity index (χ1) is 15.6. The number of rotatable bonds is 12. The molecule has 8 heteroatoms. The number of amides is 1. The third kappa shape index (κ3) is 6.32. The van der Waals surface area contributed by atoms with Crippen LogP contribution in [0.15, 0.2) is 54.7 Å². The van der Waals surface area contributed by atoms with Gasteiger partial charge in [0.1, 0.15) is 18.1 Å². The van der Waals surface area contributed by atoms with Gasteiger partial charge < -0.3 is 24.8 Å². The zero-order chi connectivity index (χ0) is 22.8. The van der Waals surface area contributed by atoms with Crippen LogP contribution in [-0.2, 0) is 11.8 Å². The van der Waals surface area contributed by atoms with Gasteiger partial charge in [-0.25, -0.2) is 0 Å². The van der Waals surface area contributed by atoms with Gasteiger partial charge >= 0.3 is 0 Å². The smallest absolute Gasteiger partial charge is 0.255 e. The molecule has 32 heavy (non-hydrogen) atoms. The van der Waals surface area contributed by atoms with Crippen LogP contribution in [0.4, 0.5) is 5.69 Å². The Hall–Kier alpha value is -3.36. The number of hydrogen-bond donors (Lipinski definition) is 2. The Balaban J connectivity index is 1.72. The van der Waals surface area contributed by atoms with E-state index in [0.29, 0.717) is 43.4 Å². The SMILES string of the molecule is CCOCCNCCOc1ccc(NC(=O)c2cccc(OC)c2)cc1-c1ccnn1C. The minimum atomic E-state index is -0.216. The van der Waals surface area contributed by atoms with Crippen molar-refractivity contribution in [1.82, 2.24) is 15.1 Å². The van der Waals surface area contributed by atoms with E-state index in [1.807, 2.05) is 38.2 Å². The average molecular weight is 439 g/mol. The van der Waals surface area contributed by atoms with Crippen LogP contribution in [-0.4, -0.2) is 55.7 Å². The fraction of sp³-hybridized carbons (Fsp3) is 0.333. The topological polar surface area (TPSA) is 86.6 Å². The Labute approximate surface area is 188 Å². The summed E-state index contributed by atoms with van der Waals surface area (Å²) in [5.74, 6) is 1.14. The zero-order valence-electron chi connectivity index (χ0n) is 18.8. The first-order valence-electron chi connectivity index (χ1n) is 10.6. The molecule has 1 heterocycles. The van der Waals surface area contributed by atoms with Gasteiger partial charge in [-0.05, 0) is 49.4 Å². The van der Waals surface area contributed by atoms with Crippen molar-refractivity contribution in [1.29, 1.82) is 0 Å². The summed E-state index contributed by atoms with van der Waals surface area (Å²) in [5.41, 5.74) is 2.92. The lowest BCUT2D eigenvalue weighted by atomic mass is 10.1. The molecular formula is C24H30N4O4. The number of hydrogen-bond acceptors (Lipinski definition) is 6. The van der Waals surface area contributed by atoms with Crippen molar-refractivity contribution < 1.29 is 19.0 Å². The highest BCUT2D eigenvalue weighted by molar-refractivity contribution is 6.04. The number of aromatic nitrogens is 2. The van der Waals surface area contributed by atoms with Crippen molar-refractivity contribution >= 4 is 11.6 Å². The standard InChI is InChI=1S/C24H30N4O4/c1-4-31-14-12-25-13-15-32-23-9-8-19(17-21(23)22-10-11-26-28(22)2)27-24(29)18-6-5-7-20(16-18)30-3/h5-11,16-17,25H,4,12-15H2,1-3H3,(H,27,29). The van der Waals surface area contributed by atoms with Crippen LogP contribution in [0.2, 0.25) is 0 Å². The molecule has 0 aliphatic rings. The molecule has 8 nitrogen and oxygen atoms in total. The van der Waals surface area contributed by atoms with Crippen LogP contribution >= 0.6 is 0 Å². The molecule has 0 saturated heterocycles. The predicted molar refractivity (Wildman–Crippen MR) is 124 cm³/mol. The molecule has 2 aromatic carbocycles. The molecule has 0 atom stereocenters. The van der Waals surface area contributed by atoms with Crippen LogP contribution < -0.4 is 20.1 Å². The fourth-order valence-electron chi connectivity index (χ4n) is 3.19. The quantitative estimate of drug-likeness (QED) is 0.422. The third-order valence-electron chi connectivity index (χ3n) is 4.83. The first-order valence-corrected chi connectivity index (χ1v) is 10.6. The van der Waals surface area contributed by atoms with Crippen molar-refractivity contribution in [2.75, 3.05) is 45.3 Å². The minimum Gasteiger partial charge on any atom is -0.497 e. The lowest BCUT2D eigenvalue weighted by molar-refractivity contribution is 0.102. The van der Waals surface area contributed by atoms with E-state index < -0.39 is 0 Å². The number of aryl methyl sites for hydroxylation is 1. The molecule has 3 rings (SSSR count). The first kappa shape index (κ1) is 23.3. The highest BCUT2D eigenvalue weighted by Crippen LogP contribution is 2.32. The Morgan fingerprint density at radius 2 is 1.94 bits per heavy atom. The summed E-state index contributed by atoms with van der Waals surface area (Å²) in [7, 11) is 3.44. The van der Waals surface area contributed by atoms with E-state index in [0.717, 1.165) is 23.6 Å². The Kier molecular flexibility index (Phi) is 8.65. The molecule has 1 aromatic heterocycles. The summed E-state index contributed by atoms with van der Waals surface area (Å²) in [6.45, 7) is 5.36. The maximum atomic E-state index is 12.7. The number of nitrogens with zero attached hydrogens (tertiary/aromatic N) is 2. The van der Waals surface area contributed by atoms with Crippen molar-refractivity contribution in [3.05, 3.63) is 60.3 Å². The predicted octanol–water partition coefficient (Wildman–Crippen LogP) is 3.35. The van der Waals surface area contributed by atoms with Gasteiger partial charge in [0.2, 0.25) is 0 Å². The fourth-order valence-corrected chi connectivity index (χ4v) is 3.19. The molecule has 0 spiro atoms. The number of carbonyl (C=O) groups excluding carboxylic acids is 1. The molecule has 0 unspecified atom stereocenters. The van der Waals surface area contributed by atoms with Gasteiger partial charge in [0, 0.05) is 49.8 Å². The summed E-state index contributed by atoms with van der Waals surface area (Å²) >= 11 is 0. The van der Waals surface area contributed by atoms with Crippen LogP contribution in [0.3, 0.4) is 0 Å². The normalized spacial score (nSPS) is 10.7. The number of benzene rings is 2. The Morgan fingerprint density at radius 3 is 2.69 bits per heavy atom. The summed E-state index contributed by atoms with van der Waals surface area (Å²) in [6.07, 6.45) is 1.73. The molecule has 0 saturated carbocycles. The third-order valence-corrected chi connectivity index (χ3v) is 4.83. The van der Waals surface area contributed by atoms with E-state index in [4.69, 9.17) is 14.2 Å². The van der Waals surface area contributed by atoms with E-state index >= 15 is 0 Å². The lowest BCUT2D eigenvalue weighted by Crippen LogP contribution is -2.25. The Bertz CT molecular complexity index is 1020. The largest absolute Gasteiger partial charge is 0.497 e. The molecule has 0 aliphatic heterocycles. The second-order valence-corrected chi connectivity index (χ2v) is 7.03. The molecule has 0 aliphatic carbocycles. The highest BCUT2D eigenvalue weighted by Gasteiger charge is 2.14. The van der Waals surface area contributed by atoms with Crippen LogP contribution in [0.25, 0.3) is 11.3 Å². The number of nitrogens with one attached hydrogen (secondary N) is 2. The van der Waals surface area contributed by atoms with Crippen LogP contribution in [0.5, 0.6) is 11.5 Å². The average Bonchev–Trinajstić information content (AvgIpc) is 3.24. The van der Waals surface area contributed by atoms with Gasteiger partial charge in [0.15, 0.2) is 0 Å². The van der Waals surface area contributed by atoms with Crippen molar-refractivity contribution in [3.63, 3.8) is 0 Å². The molecule has 0 bridgehead atoms. The van der Waals surface area contributed by atoms with E-state index in [1.165, 1.54) is 0 Å². The van der Waals surface area contributed by atoms with Gasteiger partial charge in [-0.15, -0.1) is 0 Å². The van der Waals surface area contributed by atoms with Crippen molar-refractivity contribution in [2.24, 2.45) is 7.05 Å². The second kappa shape index (κ2) is 11.9. The van der Waals surface area contributed by atoms with Crippen molar-refractivity contribution in [3.8, 4) is 22.8 Å². The maximum Gasteiger partial charge on any atom is 0.255 e. The molecule has 1 amide bonds. The molecule has 0 fully saturated rings. The number of methoxy groups -OCH3 is 1. The maximum absolute atomic E-state index is 12.7. The molecular weight excluding hydrogens is 408 g/mol. The minimum absolute atomic E-state index is 0.216. The van der Waals surface area contributed by atoms with Gasteiger partial charge in [0.25, 0.3) is 5.91 Å². The zero-order valence-corrected chi connectivity index (χ0v) is 18.8. The number of anilines is 1. The van der Waals surface area contributed by atoms with E-state index in [-0.39, 0.29) is 5.91 Å². The lowest BCUT2D eigenvalue weighted by Gasteiger charge is -2.15. The summed E-state index contributed by atoms with van der Waals surface area (Å²) in [4.78, 5) is 12.7. The number of ether oxygens (including phenoxy) is 3. The number of carbonyl (C=O) groups is 1. The highest BCUT2D eigenvalue weighted by atomic mass is 16.5. The van der Waals surface area contributed by atoms with E-state index in [2.05, 4.69) is 15.7 Å². The van der Waals surface area contributed by atoms with Crippen molar-refractivity contribution in [2.45, 2.75) is 6.92 Å². The Morgan fingerprint density at radius 1 is 1.09 bits per heavy atom. The van der Waals surface area contributed by atoms with Gasteiger partial charge in [-0.2, -0.15) is 5.10 Å². The summed E-state index contributed by atoms with van der Waals surface area (Å²) < 4.78 is 18.3. The van der Waals surface area contributed by atoms with Gasteiger partial charge in [-0.1, -0.05) is 6.07 Å². The van der Waals surface area contributed by atoms with Crippen LogP contribution in [0.1, 0.15) is 17.3 Å². The van der Waals surface area contributed by atoms with Gasteiger partial charge in [-0.3, -0.25) is 9.48 Å². The second-order valence-electron chi connectivity index (χ2n) is 7.03. The monoisotopic (exact) mass is 438 g/mol. The van der Waals surface area contributed by atoms with E-state index in [9.17, 15) is 4.79 Å². The summed E-state index contributed by atoms with van der Waals surface area (Å²) in [5, 5.41) is 10.5. The van der Waals surface area contributed by atoms with E-state index in [1.54, 1.807) is 42.3 Å². The van der Waals surface area contributed by atoms with Gasteiger partial charge in [0.05, 0.1) is 19.4 Å². The summed E-state index contributed by atoms with van der Waals surface area (Å²) in [6, 6.07) is 14.5.